The number of hydrogen-bond donors (Lipinski definition) is 2. The zero-order chi connectivity index (χ0) is 11.3. The minimum Gasteiger partial charge on any atom is -0.474 e. The van der Waals surface area contributed by atoms with Crippen molar-refractivity contribution in [2.24, 2.45) is 0 Å². The molecule has 5 nitrogen and oxygen atoms in total. The maximum atomic E-state index is 5.56. The molecule has 0 radical (unpaired) electrons. The number of rotatable bonds is 5. The molecule has 1 unspecified atom stereocenters. The molecule has 1 aromatic heterocycles. The summed E-state index contributed by atoms with van der Waals surface area (Å²) in [4.78, 5) is 8.04. The van der Waals surface area contributed by atoms with E-state index in [4.69, 9.17) is 10.5 Å². The summed E-state index contributed by atoms with van der Waals surface area (Å²) in [6, 6.07) is 1.76. The van der Waals surface area contributed by atoms with E-state index in [0.29, 0.717) is 11.7 Å². The maximum Gasteiger partial charge on any atom is 0.225 e. The molecule has 1 heterocycles. The highest BCUT2D eigenvalue weighted by atomic mass is 16.5. The van der Waals surface area contributed by atoms with Crippen LogP contribution in [-0.2, 0) is 0 Å². The summed E-state index contributed by atoms with van der Waals surface area (Å²) < 4.78 is 5.56. The summed E-state index contributed by atoms with van der Waals surface area (Å²) in [6.45, 7) is 6.83. The van der Waals surface area contributed by atoms with E-state index in [1.807, 2.05) is 13.8 Å². The van der Waals surface area contributed by atoms with Crippen molar-refractivity contribution in [3.8, 4) is 5.88 Å². The number of aromatic nitrogens is 2. The first-order valence-electron chi connectivity index (χ1n) is 5.20. The summed E-state index contributed by atoms with van der Waals surface area (Å²) in [5, 5.41) is 3.07. The van der Waals surface area contributed by atoms with Gasteiger partial charge in [0.15, 0.2) is 0 Å². The van der Waals surface area contributed by atoms with Gasteiger partial charge in [-0.2, -0.15) is 9.97 Å². The van der Waals surface area contributed by atoms with Crippen molar-refractivity contribution < 1.29 is 4.74 Å². The number of hydrogen-bond acceptors (Lipinski definition) is 5. The fraction of sp³-hybridized carbons (Fsp3) is 0.600. The predicted octanol–water partition coefficient (Wildman–Crippen LogP) is 1.67. The molecule has 0 aliphatic carbocycles. The van der Waals surface area contributed by atoms with Crippen LogP contribution in [0.5, 0.6) is 5.88 Å². The highest BCUT2D eigenvalue weighted by molar-refractivity contribution is 5.42. The van der Waals surface area contributed by atoms with Gasteiger partial charge in [0.25, 0.3) is 0 Å². The monoisotopic (exact) mass is 210 g/mol. The van der Waals surface area contributed by atoms with Crippen LogP contribution in [0.3, 0.4) is 0 Å². The maximum absolute atomic E-state index is 5.56. The molecule has 0 aliphatic rings. The molecule has 1 atom stereocenters. The normalized spacial score (nSPS) is 12.2. The van der Waals surface area contributed by atoms with E-state index in [1.165, 1.54) is 0 Å². The number of nitrogens with zero attached hydrogens (tertiary/aromatic N) is 2. The molecular formula is C10H18N4O. The van der Waals surface area contributed by atoms with Crippen molar-refractivity contribution >= 4 is 11.8 Å². The van der Waals surface area contributed by atoms with Gasteiger partial charge in [-0.05, 0) is 20.3 Å². The van der Waals surface area contributed by atoms with Crippen LogP contribution in [0.2, 0.25) is 0 Å². The Kier molecular flexibility index (Phi) is 4.15. The Balaban J connectivity index is 2.78. The van der Waals surface area contributed by atoms with Crippen LogP contribution >= 0.6 is 0 Å². The van der Waals surface area contributed by atoms with Crippen molar-refractivity contribution in [3.63, 3.8) is 0 Å². The van der Waals surface area contributed by atoms with E-state index in [0.717, 1.165) is 13.0 Å². The van der Waals surface area contributed by atoms with Crippen molar-refractivity contribution in [3.05, 3.63) is 6.07 Å². The summed E-state index contributed by atoms with van der Waals surface area (Å²) in [7, 11) is 0. The van der Waals surface area contributed by atoms with Gasteiger partial charge in [0, 0.05) is 12.6 Å². The third-order valence-corrected chi connectivity index (χ3v) is 1.97. The number of nitrogens with one attached hydrogen (secondary N) is 1. The summed E-state index contributed by atoms with van der Waals surface area (Å²) in [5.41, 5.74) is 5.56. The number of nitrogen functional groups attached to an aromatic ring is 1. The fourth-order valence-electron chi connectivity index (χ4n) is 1.06. The van der Waals surface area contributed by atoms with E-state index < -0.39 is 0 Å². The molecule has 3 N–H and O–H groups in total. The number of nitrogens with two attached hydrogens (primary N) is 1. The second kappa shape index (κ2) is 5.38. The summed E-state index contributed by atoms with van der Waals surface area (Å²) in [5.74, 6) is 1.45. The Labute approximate surface area is 90.1 Å². The zero-order valence-corrected chi connectivity index (χ0v) is 9.45. The van der Waals surface area contributed by atoms with Crippen molar-refractivity contribution in [2.45, 2.75) is 33.3 Å². The van der Waals surface area contributed by atoms with Crippen molar-refractivity contribution in [1.82, 2.24) is 9.97 Å². The Hall–Kier alpha value is -1.52. The first kappa shape index (κ1) is 11.6. The smallest absolute Gasteiger partial charge is 0.225 e. The summed E-state index contributed by atoms with van der Waals surface area (Å²) in [6.07, 6.45) is 1.06. The molecule has 0 saturated heterocycles. The lowest BCUT2D eigenvalue weighted by Gasteiger charge is -2.12. The molecule has 0 saturated carbocycles. The van der Waals surface area contributed by atoms with Crippen LogP contribution < -0.4 is 15.8 Å². The molecule has 1 aromatic rings. The molecule has 15 heavy (non-hydrogen) atoms. The quantitative estimate of drug-likeness (QED) is 0.773. The average molecular weight is 210 g/mol. The van der Waals surface area contributed by atoms with Gasteiger partial charge in [-0.3, -0.25) is 0 Å². The fourth-order valence-corrected chi connectivity index (χ4v) is 1.06. The van der Waals surface area contributed by atoms with Crippen LogP contribution in [-0.4, -0.2) is 22.6 Å². The number of anilines is 2. The molecule has 0 aromatic carbocycles. The van der Waals surface area contributed by atoms with Gasteiger partial charge in [0.2, 0.25) is 11.8 Å². The molecule has 0 bridgehead atoms. The summed E-state index contributed by atoms with van der Waals surface area (Å²) >= 11 is 0. The molecule has 84 valence electrons. The van der Waals surface area contributed by atoms with Gasteiger partial charge in [-0.25, -0.2) is 0 Å². The third-order valence-electron chi connectivity index (χ3n) is 1.97. The van der Waals surface area contributed by atoms with Gasteiger partial charge >= 0.3 is 0 Å². The standard InChI is InChI=1S/C10H18N4O/c1-4-7(3)15-9-6-8(12-5-2)13-10(11)14-9/h6-7H,4-5H2,1-3H3,(H3,11,12,13,14). The minimum absolute atomic E-state index is 0.133. The van der Waals surface area contributed by atoms with Gasteiger partial charge in [-0.1, -0.05) is 6.92 Å². The van der Waals surface area contributed by atoms with Crippen LogP contribution in [0.1, 0.15) is 27.2 Å². The largest absolute Gasteiger partial charge is 0.474 e. The van der Waals surface area contributed by atoms with Gasteiger partial charge in [-0.15, -0.1) is 0 Å². The number of ether oxygens (including phenoxy) is 1. The molecule has 0 amide bonds. The minimum atomic E-state index is 0.133. The average Bonchev–Trinajstić information content (AvgIpc) is 2.17. The van der Waals surface area contributed by atoms with Gasteiger partial charge in [0.1, 0.15) is 5.82 Å². The molecule has 0 spiro atoms. The van der Waals surface area contributed by atoms with Crippen LogP contribution in [0.25, 0.3) is 0 Å². The Morgan fingerprint density at radius 1 is 1.47 bits per heavy atom. The van der Waals surface area contributed by atoms with Crippen molar-refractivity contribution in [1.29, 1.82) is 0 Å². The lowest BCUT2D eigenvalue weighted by molar-refractivity contribution is 0.209. The molecule has 1 rings (SSSR count). The Bertz CT molecular complexity index is 316. The predicted molar refractivity (Wildman–Crippen MR) is 61.0 cm³/mol. The highest BCUT2D eigenvalue weighted by Gasteiger charge is 2.05. The van der Waals surface area contributed by atoms with E-state index in [-0.39, 0.29) is 12.1 Å². The Morgan fingerprint density at radius 3 is 2.80 bits per heavy atom. The topological polar surface area (TPSA) is 73.1 Å². The molecule has 5 heteroatoms. The second-order valence-corrected chi connectivity index (χ2v) is 3.32. The van der Waals surface area contributed by atoms with E-state index >= 15 is 0 Å². The third kappa shape index (κ3) is 3.61. The van der Waals surface area contributed by atoms with E-state index in [2.05, 4.69) is 22.2 Å². The molecule has 0 fully saturated rings. The van der Waals surface area contributed by atoms with E-state index in [1.54, 1.807) is 6.07 Å². The van der Waals surface area contributed by atoms with E-state index in [9.17, 15) is 0 Å². The van der Waals surface area contributed by atoms with Gasteiger partial charge < -0.3 is 15.8 Å². The van der Waals surface area contributed by atoms with Crippen LogP contribution in [0.15, 0.2) is 6.07 Å². The second-order valence-electron chi connectivity index (χ2n) is 3.32. The molecule has 0 aliphatic heterocycles. The van der Waals surface area contributed by atoms with Crippen LogP contribution in [0.4, 0.5) is 11.8 Å². The SMILES string of the molecule is CCNc1cc(OC(C)CC)nc(N)n1. The first-order chi connectivity index (χ1) is 7.15. The van der Waals surface area contributed by atoms with Gasteiger partial charge in [0.05, 0.1) is 6.10 Å². The van der Waals surface area contributed by atoms with Crippen LogP contribution in [0, 0.1) is 0 Å². The lowest BCUT2D eigenvalue weighted by atomic mass is 10.3. The highest BCUT2D eigenvalue weighted by Crippen LogP contribution is 2.16. The zero-order valence-electron chi connectivity index (χ0n) is 9.45. The first-order valence-corrected chi connectivity index (χ1v) is 5.20. The van der Waals surface area contributed by atoms with Crippen molar-refractivity contribution in [2.75, 3.05) is 17.6 Å². The Morgan fingerprint density at radius 2 is 2.20 bits per heavy atom. The lowest BCUT2D eigenvalue weighted by Crippen LogP contribution is -2.12. The molecular weight excluding hydrogens is 192 g/mol.